The van der Waals surface area contributed by atoms with E-state index in [9.17, 15) is 4.79 Å². The molecular formula is C15H14N2O3. The number of ether oxygens (including phenoxy) is 1. The summed E-state index contributed by atoms with van der Waals surface area (Å²) in [5, 5.41) is 4.43. The Morgan fingerprint density at radius 2 is 2.30 bits per heavy atom. The lowest BCUT2D eigenvalue weighted by atomic mass is 10.2. The molecule has 0 aliphatic rings. The van der Waals surface area contributed by atoms with Crippen LogP contribution >= 0.6 is 0 Å². The van der Waals surface area contributed by atoms with Gasteiger partial charge < -0.3 is 19.5 Å². The summed E-state index contributed by atoms with van der Waals surface area (Å²) < 4.78 is 9.96. The molecule has 2 aromatic heterocycles. The number of carbonyl (C=O) groups excluding carboxylic acids is 1. The zero-order valence-electron chi connectivity index (χ0n) is 11.0. The van der Waals surface area contributed by atoms with E-state index in [4.69, 9.17) is 4.42 Å². The Kier molecular flexibility index (Phi) is 3.16. The van der Waals surface area contributed by atoms with Gasteiger partial charge in [-0.15, -0.1) is 0 Å². The van der Waals surface area contributed by atoms with Gasteiger partial charge in [0, 0.05) is 11.6 Å². The van der Waals surface area contributed by atoms with Crippen LogP contribution in [-0.4, -0.2) is 18.1 Å². The molecule has 0 aliphatic carbocycles. The molecule has 0 atom stereocenters. The minimum atomic E-state index is -0.397. The molecule has 2 heterocycles. The Hall–Kier alpha value is -2.69. The standard InChI is InChI=1S/C15H14N2O3/c1-19-15(18)11-7-12(20-9-11)8-17-13-4-2-3-10-5-6-16-14(10)13/h2-7,9,16-17H,8H2,1H3. The fourth-order valence-electron chi connectivity index (χ4n) is 2.11. The number of aromatic amines is 1. The van der Waals surface area contributed by atoms with Crippen molar-refractivity contribution in [2.24, 2.45) is 0 Å². The number of aromatic nitrogens is 1. The monoisotopic (exact) mass is 270 g/mol. The van der Waals surface area contributed by atoms with Crippen molar-refractivity contribution < 1.29 is 13.9 Å². The first-order valence-corrected chi connectivity index (χ1v) is 6.23. The van der Waals surface area contributed by atoms with E-state index in [2.05, 4.69) is 15.0 Å². The van der Waals surface area contributed by atoms with Crippen LogP contribution in [-0.2, 0) is 11.3 Å². The van der Waals surface area contributed by atoms with Gasteiger partial charge in [-0.25, -0.2) is 4.79 Å². The molecule has 0 spiro atoms. The quantitative estimate of drug-likeness (QED) is 0.715. The molecule has 102 valence electrons. The molecule has 0 bridgehead atoms. The highest BCUT2D eigenvalue weighted by molar-refractivity contribution is 5.91. The van der Waals surface area contributed by atoms with Gasteiger partial charge in [-0.2, -0.15) is 0 Å². The molecule has 0 amide bonds. The van der Waals surface area contributed by atoms with Crippen molar-refractivity contribution in [2.45, 2.75) is 6.54 Å². The fraction of sp³-hybridized carbons (Fsp3) is 0.133. The maximum atomic E-state index is 11.3. The summed E-state index contributed by atoms with van der Waals surface area (Å²) in [5.74, 6) is 0.278. The number of fused-ring (bicyclic) bond motifs is 1. The van der Waals surface area contributed by atoms with Crippen molar-refractivity contribution in [1.82, 2.24) is 4.98 Å². The van der Waals surface area contributed by atoms with Gasteiger partial charge in [-0.05, 0) is 18.2 Å². The first-order chi connectivity index (χ1) is 9.78. The van der Waals surface area contributed by atoms with Gasteiger partial charge in [0.15, 0.2) is 0 Å². The van der Waals surface area contributed by atoms with Crippen LogP contribution in [0.1, 0.15) is 16.1 Å². The lowest BCUT2D eigenvalue weighted by Gasteiger charge is -2.05. The molecule has 0 fully saturated rings. The lowest BCUT2D eigenvalue weighted by Crippen LogP contribution is -2.00. The molecule has 1 aromatic carbocycles. The van der Waals surface area contributed by atoms with Crippen molar-refractivity contribution in [3.8, 4) is 0 Å². The average Bonchev–Trinajstić information content (AvgIpc) is 3.13. The van der Waals surface area contributed by atoms with Crippen LogP contribution in [0.15, 0.2) is 47.2 Å². The predicted molar refractivity (Wildman–Crippen MR) is 75.7 cm³/mol. The first-order valence-electron chi connectivity index (χ1n) is 6.23. The fourth-order valence-corrected chi connectivity index (χ4v) is 2.11. The number of esters is 1. The minimum Gasteiger partial charge on any atom is -0.467 e. The summed E-state index contributed by atoms with van der Waals surface area (Å²) in [6, 6.07) is 9.71. The molecule has 3 aromatic rings. The minimum absolute atomic E-state index is 0.397. The van der Waals surface area contributed by atoms with Crippen molar-refractivity contribution in [3.05, 3.63) is 54.1 Å². The Morgan fingerprint density at radius 3 is 3.15 bits per heavy atom. The molecule has 0 unspecified atom stereocenters. The molecule has 0 saturated heterocycles. The molecular weight excluding hydrogens is 256 g/mol. The summed E-state index contributed by atoms with van der Waals surface area (Å²) >= 11 is 0. The largest absolute Gasteiger partial charge is 0.467 e. The second kappa shape index (κ2) is 5.13. The van der Waals surface area contributed by atoms with E-state index in [-0.39, 0.29) is 0 Å². The van der Waals surface area contributed by atoms with Crippen molar-refractivity contribution in [2.75, 3.05) is 12.4 Å². The van der Waals surface area contributed by atoms with Crippen molar-refractivity contribution in [3.63, 3.8) is 0 Å². The second-order valence-corrected chi connectivity index (χ2v) is 4.39. The summed E-state index contributed by atoms with van der Waals surface area (Å²) in [6.45, 7) is 0.495. The van der Waals surface area contributed by atoms with Gasteiger partial charge in [0.1, 0.15) is 12.0 Å². The highest BCUT2D eigenvalue weighted by Crippen LogP contribution is 2.22. The van der Waals surface area contributed by atoms with E-state index in [1.54, 1.807) is 6.07 Å². The second-order valence-electron chi connectivity index (χ2n) is 4.39. The molecule has 2 N–H and O–H groups in total. The van der Waals surface area contributed by atoms with Crippen LogP contribution in [0.5, 0.6) is 0 Å². The molecule has 3 rings (SSSR count). The normalized spacial score (nSPS) is 10.7. The third-order valence-electron chi connectivity index (χ3n) is 3.12. The maximum Gasteiger partial charge on any atom is 0.341 e. The predicted octanol–water partition coefficient (Wildman–Crippen LogP) is 3.16. The summed E-state index contributed by atoms with van der Waals surface area (Å²) in [6.07, 6.45) is 3.30. The third kappa shape index (κ3) is 2.25. The Labute approximate surface area is 115 Å². The Morgan fingerprint density at radius 1 is 1.40 bits per heavy atom. The van der Waals surface area contributed by atoms with Crippen LogP contribution in [0.4, 0.5) is 5.69 Å². The number of rotatable bonds is 4. The van der Waals surface area contributed by atoms with Crippen LogP contribution in [0.25, 0.3) is 10.9 Å². The zero-order valence-corrected chi connectivity index (χ0v) is 11.0. The third-order valence-corrected chi connectivity index (χ3v) is 3.12. The van der Waals surface area contributed by atoms with Gasteiger partial charge in [0.05, 0.1) is 30.4 Å². The maximum absolute atomic E-state index is 11.3. The number of furan rings is 1. The van der Waals surface area contributed by atoms with Gasteiger partial charge in [0.2, 0.25) is 0 Å². The highest BCUT2D eigenvalue weighted by atomic mass is 16.5. The van der Waals surface area contributed by atoms with E-state index in [1.807, 2.05) is 30.5 Å². The van der Waals surface area contributed by atoms with Crippen LogP contribution in [0.3, 0.4) is 0 Å². The average molecular weight is 270 g/mol. The summed E-state index contributed by atoms with van der Waals surface area (Å²) in [7, 11) is 1.35. The smallest absolute Gasteiger partial charge is 0.341 e. The van der Waals surface area contributed by atoms with E-state index >= 15 is 0 Å². The highest BCUT2D eigenvalue weighted by Gasteiger charge is 2.10. The van der Waals surface area contributed by atoms with Gasteiger partial charge >= 0.3 is 5.97 Å². The van der Waals surface area contributed by atoms with Crippen molar-refractivity contribution in [1.29, 1.82) is 0 Å². The van der Waals surface area contributed by atoms with Crippen LogP contribution in [0.2, 0.25) is 0 Å². The molecule has 5 nitrogen and oxygen atoms in total. The van der Waals surface area contributed by atoms with E-state index in [0.717, 1.165) is 16.6 Å². The number of para-hydroxylation sites is 1. The van der Waals surface area contributed by atoms with Crippen molar-refractivity contribution >= 4 is 22.6 Å². The SMILES string of the molecule is COC(=O)c1coc(CNc2cccc3cc[nH]c23)c1. The zero-order chi connectivity index (χ0) is 13.9. The number of carbonyl (C=O) groups is 1. The van der Waals surface area contributed by atoms with E-state index in [0.29, 0.717) is 17.9 Å². The van der Waals surface area contributed by atoms with E-state index < -0.39 is 5.97 Å². The number of H-pyrrole nitrogens is 1. The number of benzene rings is 1. The Bertz CT molecular complexity index is 742. The number of hydrogen-bond acceptors (Lipinski definition) is 4. The number of hydrogen-bond donors (Lipinski definition) is 2. The number of nitrogens with one attached hydrogen (secondary N) is 2. The number of anilines is 1. The van der Waals surface area contributed by atoms with Crippen LogP contribution in [0, 0.1) is 0 Å². The molecule has 0 saturated carbocycles. The molecule has 5 heteroatoms. The summed E-state index contributed by atoms with van der Waals surface area (Å²) in [4.78, 5) is 14.5. The van der Waals surface area contributed by atoms with Gasteiger partial charge in [-0.1, -0.05) is 12.1 Å². The first kappa shape index (κ1) is 12.3. The van der Waals surface area contributed by atoms with E-state index in [1.165, 1.54) is 13.4 Å². The van der Waals surface area contributed by atoms with Gasteiger partial charge in [-0.3, -0.25) is 0 Å². The topological polar surface area (TPSA) is 67.3 Å². The van der Waals surface area contributed by atoms with Crippen LogP contribution < -0.4 is 5.32 Å². The molecule has 0 aliphatic heterocycles. The number of methoxy groups -OCH3 is 1. The lowest BCUT2D eigenvalue weighted by molar-refractivity contribution is 0.0600. The van der Waals surface area contributed by atoms with Gasteiger partial charge in [0.25, 0.3) is 0 Å². The summed E-state index contributed by atoms with van der Waals surface area (Å²) in [5.41, 5.74) is 2.46. The molecule has 20 heavy (non-hydrogen) atoms. The Balaban J connectivity index is 1.75. The molecule has 0 radical (unpaired) electrons.